The van der Waals surface area contributed by atoms with Gasteiger partial charge in [0.2, 0.25) is 5.91 Å². The van der Waals surface area contributed by atoms with Gasteiger partial charge in [-0.2, -0.15) is 0 Å². The molecule has 1 saturated heterocycles. The Morgan fingerprint density at radius 2 is 1.96 bits per heavy atom. The van der Waals surface area contributed by atoms with E-state index in [2.05, 4.69) is 25.5 Å². The van der Waals surface area contributed by atoms with E-state index in [1.165, 1.54) is 6.07 Å². The molecule has 24 heavy (non-hydrogen) atoms. The predicted molar refractivity (Wildman–Crippen MR) is 92.1 cm³/mol. The van der Waals surface area contributed by atoms with Crippen LogP contribution in [0.15, 0.2) is 35.2 Å². The van der Waals surface area contributed by atoms with E-state index >= 15 is 0 Å². The molecule has 1 aromatic carbocycles. The Morgan fingerprint density at radius 1 is 1.21 bits per heavy atom. The Kier molecular flexibility index (Phi) is 5.90. The van der Waals surface area contributed by atoms with Crippen LogP contribution in [0.1, 0.15) is 11.3 Å². The number of nitrogens with zero attached hydrogens (tertiary/aromatic N) is 3. The molecule has 0 atom stereocenters. The molecule has 128 valence electrons. The molecule has 0 radical (unpaired) electrons. The van der Waals surface area contributed by atoms with Crippen molar-refractivity contribution in [2.45, 2.75) is 13.1 Å². The fourth-order valence-electron chi connectivity index (χ4n) is 2.74. The Hall–Kier alpha value is -1.83. The Morgan fingerprint density at radius 3 is 2.67 bits per heavy atom. The van der Waals surface area contributed by atoms with Crippen LogP contribution in [-0.4, -0.2) is 53.4 Å². The highest BCUT2D eigenvalue weighted by atomic mass is 32.1. The number of hydrogen-bond acceptors (Lipinski definition) is 5. The van der Waals surface area contributed by atoms with Crippen molar-refractivity contribution >= 4 is 17.2 Å². The predicted octanol–water partition coefficient (Wildman–Crippen LogP) is 1.72. The minimum atomic E-state index is -0.284. The SMILES string of the molecule is O=C(CN1CCN(Cc2cscn2)CC1)NCc1ccccc1F. The summed E-state index contributed by atoms with van der Waals surface area (Å²) in [5.74, 6) is -0.348. The van der Waals surface area contributed by atoms with Gasteiger partial charge in [-0.15, -0.1) is 11.3 Å². The Labute approximate surface area is 145 Å². The zero-order valence-corrected chi connectivity index (χ0v) is 14.3. The quantitative estimate of drug-likeness (QED) is 0.864. The van der Waals surface area contributed by atoms with E-state index in [4.69, 9.17) is 0 Å². The first-order valence-corrected chi connectivity index (χ1v) is 8.97. The van der Waals surface area contributed by atoms with Crippen LogP contribution < -0.4 is 5.32 Å². The summed E-state index contributed by atoms with van der Waals surface area (Å²) in [4.78, 5) is 20.8. The van der Waals surface area contributed by atoms with Gasteiger partial charge < -0.3 is 5.32 Å². The van der Waals surface area contributed by atoms with E-state index in [1.54, 1.807) is 29.5 Å². The second-order valence-electron chi connectivity index (χ2n) is 5.90. The molecule has 3 rings (SSSR count). The Balaban J connectivity index is 1.38. The van der Waals surface area contributed by atoms with Crippen LogP contribution >= 0.6 is 11.3 Å². The number of piperazine rings is 1. The maximum absolute atomic E-state index is 13.5. The minimum Gasteiger partial charge on any atom is -0.351 e. The average Bonchev–Trinajstić information content (AvgIpc) is 3.09. The zero-order chi connectivity index (χ0) is 16.8. The largest absolute Gasteiger partial charge is 0.351 e. The van der Waals surface area contributed by atoms with Crippen LogP contribution in [0.3, 0.4) is 0 Å². The number of aromatic nitrogens is 1. The van der Waals surface area contributed by atoms with Crippen molar-refractivity contribution in [1.29, 1.82) is 0 Å². The first kappa shape index (κ1) is 17.0. The van der Waals surface area contributed by atoms with Crippen molar-refractivity contribution in [1.82, 2.24) is 20.1 Å². The number of benzene rings is 1. The molecule has 2 heterocycles. The van der Waals surface area contributed by atoms with Gasteiger partial charge in [0.1, 0.15) is 5.82 Å². The molecule has 1 fully saturated rings. The number of amides is 1. The number of carbonyl (C=O) groups is 1. The van der Waals surface area contributed by atoms with Gasteiger partial charge >= 0.3 is 0 Å². The van der Waals surface area contributed by atoms with Crippen molar-refractivity contribution < 1.29 is 9.18 Å². The summed E-state index contributed by atoms with van der Waals surface area (Å²) in [5, 5.41) is 4.86. The highest BCUT2D eigenvalue weighted by Gasteiger charge is 2.19. The fourth-order valence-corrected chi connectivity index (χ4v) is 3.29. The lowest BCUT2D eigenvalue weighted by Gasteiger charge is -2.33. The van der Waals surface area contributed by atoms with Crippen LogP contribution in [0, 0.1) is 5.82 Å². The lowest BCUT2D eigenvalue weighted by atomic mass is 10.2. The first-order valence-electron chi connectivity index (χ1n) is 8.02. The molecule has 1 amide bonds. The Bertz CT molecular complexity index is 656. The fraction of sp³-hybridized carbons (Fsp3) is 0.412. The van der Waals surface area contributed by atoms with Crippen LogP contribution in [0.5, 0.6) is 0 Å². The highest BCUT2D eigenvalue weighted by Crippen LogP contribution is 2.09. The van der Waals surface area contributed by atoms with Gasteiger partial charge in [-0.1, -0.05) is 18.2 Å². The maximum atomic E-state index is 13.5. The number of nitrogens with one attached hydrogen (secondary N) is 1. The topological polar surface area (TPSA) is 48.5 Å². The minimum absolute atomic E-state index is 0.0637. The standard InChI is InChI=1S/C17H21FN4OS/c18-16-4-2-1-3-14(16)9-19-17(23)11-22-7-5-21(6-8-22)10-15-12-24-13-20-15/h1-4,12-13H,5-11H2,(H,19,23). The van der Waals surface area contributed by atoms with Crippen LogP contribution in [0.2, 0.25) is 0 Å². The van der Waals surface area contributed by atoms with Crippen molar-refractivity contribution in [3.63, 3.8) is 0 Å². The van der Waals surface area contributed by atoms with E-state index < -0.39 is 0 Å². The molecule has 1 aliphatic rings. The second-order valence-corrected chi connectivity index (χ2v) is 6.62. The normalized spacial score (nSPS) is 16.2. The molecule has 1 aliphatic heterocycles. The molecule has 0 spiro atoms. The van der Waals surface area contributed by atoms with Gasteiger partial charge in [0, 0.05) is 50.2 Å². The molecule has 0 saturated carbocycles. The highest BCUT2D eigenvalue weighted by molar-refractivity contribution is 7.07. The first-order chi connectivity index (χ1) is 11.7. The lowest BCUT2D eigenvalue weighted by molar-refractivity contribution is -0.122. The number of hydrogen-bond donors (Lipinski definition) is 1. The van der Waals surface area contributed by atoms with Crippen molar-refractivity contribution in [2.24, 2.45) is 0 Å². The summed E-state index contributed by atoms with van der Waals surface area (Å²) < 4.78 is 13.5. The third kappa shape index (κ3) is 4.83. The second kappa shape index (κ2) is 8.32. The molecule has 7 heteroatoms. The molecule has 5 nitrogen and oxygen atoms in total. The summed E-state index contributed by atoms with van der Waals surface area (Å²) >= 11 is 1.61. The van der Waals surface area contributed by atoms with Crippen LogP contribution in [0.25, 0.3) is 0 Å². The van der Waals surface area contributed by atoms with Crippen molar-refractivity contribution in [3.05, 3.63) is 52.2 Å². The van der Waals surface area contributed by atoms with Gasteiger partial charge in [-0.3, -0.25) is 14.6 Å². The van der Waals surface area contributed by atoms with E-state index in [9.17, 15) is 9.18 Å². The van der Waals surface area contributed by atoms with E-state index in [1.807, 2.05) is 5.51 Å². The molecule has 0 bridgehead atoms. The summed E-state index contributed by atoms with van der Waals surface area (Å²) in [7, 11) is 0. The molecule has 0 aliphatic carbocycles. The monoisotopic (exact) mass is 348 g/mol. The van der Waals surface area contributed by atoms with Gasteiger partial charge in [-0.05, 0) is 6.07 Å². The summed E-state index contributed by atoms with van der Waals surface area (Å²) in [6.45, 7) is 5.04. The van der Waals surface area contributed by atoms with Crippen LogP contribution in [0.4, 0.5) is 4.39 Å². The lowest BCUT2D eigenvalue weighted by Crippen LogP contribution is -2.49. The van der Waals surface area contributed by atoms with Crippen LogP contribution in [-0.2, 0) is 17.9 Å². The maximum Gasteiger partial charge on any atom is 0.234 e. The number of halogens is 1. The van der Waals surface area contributed by atoms with Gasteiger partial charge in [0.05, 0.1) is 17.7 Å². The summed E-state index contributed by atoms with van der Waals surface area (Å²) in [6, 6.07) is 6.51. The number of rotatable bonds is 6. The van der Waals surface area contributed by atoms with Gasteiger partial charge in [0.15, 0.2) is 0 Å². The van der Waals surface area contributed by atoms with E-state index in [0.717, 1.165) is 38.4 Å². The molecule has 2 aromatic rings. The van der Waals surface area contributed by atoms with E-state index in [-0.39, 0.29) is 18.3 Å². The summed E-state index contributed by atoms with van der Waals surface area (Å²) in [5.41, 5.74) is 3.47. The van der Waals surface area contributed by atoms with Gasteiger partial charge in [0.25, 0.3) is 0 Å². The molecule has 1 aromatic heterocycles. The third-order valence-corrected chi connectivity index (χ3v) is 4.77. The summed E-state index contributed by atoms with van der Waals surface area (Å²) in [6.07, 6.45) is 0. The van der Waals surface area contributed by atoms with Crippen molar-refractivity contribution in [3.8, 4) is 0 Å². The molecule has 1 N–H and O–H groups in total. The molecule has 0 unspecified atom stereocenters. The van der Waals surface area contributed by atoms with Gasteiger partial charge in [-0.25, -0.2) is 9.37 Å². The van der Waals surface area contributed by atoms with Crippen molar-refractivity contribution in [2.75, 3.05) is 32.7 Å². The average molecular weight is 348 g/mol. The molecular formula is C17H21FN4OS. The van der Waals surface area contributed by atoms with E-state index in [0.29, 0.717) is 12.1 Å². The third-order valence-electron chi connectivity index (χ3n) is 4.14. The molecular weight excluding hydrogens is 327 g/mol. The number of carbonyl (C=O) groups excluding carboxylic acids is 1. The number of thiazole rings is 1. The smallest absolute Gasteiger partial charge is 0.234 e. The zero-order valence-electron chi connectivity index (χ0n) is 13.4.